The number of hydrogen-bond donors (Lipinski definition) is 2. The van der Waals surface area contributed by atoms with Crippen LogP contribution < -0.4 is 11.1 Å². The van der Waals surface area contributed by atoms with Gasteiger partial charge in [-0.1, -0.05) is 37.1 Å². The Labute approximate surface area is 168 Å². The topological polar surface area (TPSA) is 73.6 Å². The van der Waals surface area contributed by atoms with Gasteiger partial charge in [0.1, 0.15) is 0 Å². The Hall–Kier alpha value is -1.14. The first-order valence-corrected chi connectivity index (χ1v) is 9.88. The molecule has 1 aliphatic heterocycles. The fourth-order valence-electron chi connectivity index (χ4n) is 3.99. The molecule has 1 amide bonds. The van der Waals surface area contributed by atoms with Gasteiger partial charge in [-0.05, 0) is 43.7 Å². The van der Waals surface area contributed by atoms with Gasteiger partial charge in [0.2, 0.25) is 5.91 Å². The van der Waals surface area contributed by atoms with Crippen molar-refractivity contribution < 1.29 is 14.3 Å². The summed E-state index contributed by atoms with van der Waals surface area (Å²) in [7, 11) is 0. The second-order valence-electron chi connectivity index (χ2n) is 7.96. The highest BCUT2D eigenvalue weighted by molar-refractivity contribution is 5.85. The van der Waals surface area contributed by atoms with E-state index in [9.17, 15) is 4.79 Å². The number of nitrogens with one attached hydrogen (secondary N) is 1. The summed E-state index contributed by atoms with van der Waals surface area (Å²) in [4.78, 5) is 12.6. The van der Waals surface area contributed by atoms with Gasteiger partial charge in [-0.25, -0.2) is 0 Å². The smallest absolute Gasteiger partial charge is 0.225 e. The van der Waals surface area contributed by atoms with E-state index in [1.54, 1.807) is 0 Å². The number of hydrogen-bond acceptors (Lipinski definition) is 4. The Bertz CT molecular complexity index is 603. The summed E-state index contributed by atoms with van der Waals surface area (Å²) in [6.45, 7) is 4.73. The summed E-state index contributed by atoms with van der Waals surface area (Å²) in [6, 6.07) is 8.25. The summed E-state index contributed by atoms with van der Waals surface area (Å²) in [6.07, 6.45) is 6.24. The maximum absolute atomic E-state index is 12.6. The summed E-state index contributed by atoms with van der Waals surface area (Å²) >= 11 is 0. The van der Waals surface area contributed by atoms with E-state index in [1.165, 1.54) is 0 Å². The number of benzene rings is 1. The maximum atomic E-state index is 12.6. The van der Waals surface area contributed by atoms with Crippen LogP contribution in [0.3, 0.4) is 0 Å². The van der Waals surface area contributed by atoms with Crippen molar-refractivity contribution in [1.82, 2.24) is 5.32 Å². The van der Waals surface area contributed by atoms with Crippen LogP contribution >= 0.6 is 12.4 Å². The van der Waals surface area contributed by atoms with Crippen molar-refractivity contribution in [3.63, 3.8) is 0 Å². The summed E-state index contributed by atoms with van der Waals surface area (Å²) < 4.78 is 11.3. The lowest BCUT2D eigenvalue weighted by Crippen LogP contribution is -2.52. The molecule has 0 radical (unpaired) electrons. The van der Waals surface area contributed by atoms with Crippen molar-refractivity contribution in [3.05, 3.63) is 35.4 Å². The van der Waals surface area contributed by atoms with Crippen molar-refractivity contribution in [2.45, 2.75) is 70.2 Å². The van der Waals surface area contributed by atoms with E-state index in [4.69, 9.17) is 15.2 Å². The lowest BCUT2D eigenvalue weighted by molar-refractivity contribution is -0.128. The minimum atomic E-state index is -0.387. The molecule has 1 heterocycles. The fraction of sp³-hybridized carbons (Fsp3) is 0.667. The third-order valence-electron chi connectivity index (χ3n) is 5.68. The van der Waals surface area contributed by atoms with Crippen LogP contribution in [0, 0.1) is 5.92 Å². The monoisotopic (exact) mass is 396 g/mol. The third kappa shape index (κ3) is 6.46. The Kier molecular flexibility index (Phi) is 8.55. The van der Waals surface area contributed by atoms with Crippen molar-refractivity contribution in [2.75, 3.05) is 13.2 Å². The highest BCUT2D eigenvalue weighted by Gasteiger charge is 2.37. The maximum Gasteiger partial charge on any atom is 0.225 e. The van der Waals surface area contributed by atoms with Gasteiger partial charge in [-0.2, -0.15) is 0 Å². The van der Waals surface area contributed by atoms with E-state index >= 15 is 0 Å². The molecule has 6 heteroatoms. The van der Waals surface area contributed by atoms with Crippen LogP contribution in [0.5, 0.6) is 0 Å². The second-order valence-corrected chi connectivity index (χ2v) is 7.96. The normalized spacial score (nSPS) is 26.2. The van der Waals surface area contributed by atoms with Gasteiger partial charge in [0.15, 0.2) is 0 Å². The highest BCUT2D eigenvalue weighted by Crippen LogP contribution is 2.31. The Balaban J connectivity index is 0.00000261. The number of ether oxygens (including phenoxy) is 2. The van der Waals surface area contributed by atoms with Crippen LogP contribution in [0.1, 0.15) is 56.6 Å². The first kappa shape index (κ1) is 22.2. The standard InChI is InChI=1S/C21H32N2O3.ClH/c1-21(22)10-3-2-7-19(21)20(24)23-14-16-5-4-6-17(13-16)15-26-18-8-11-25-12-9-18;/h4-6,13,18-19H,2-3,7-12,14-15,22H2,1H3,(H,23,24);1H. The summed E-state index contributed by atoms with van der Waals surface area (Å²) in [5, 5.41) is 3.08. The van der Waals surface area contributed by atoms with Crippen molar-refractivity contribution in [1.29, 1.82) is 0 Å². The molecule has 27 heavy (non-hydrogen) atoms. The minimum absolute atomic E-state index is 0. The lowest BCUT2D eigenvalue weighted by Gasteiger charge is -2.37. The number of carbonyl (C=O) groups is 1. The highest BCUT2D eigenvalue weighted by atomic mass is 35.5. The summed E-state index contributed by atoms with van der Waals surface area (Å²) in [5.74, 6) is -0.00477. The van der Waals surface area contributed by atoms with Crippen molar-refractivity contribution in [3.8, 4) is 0 Å². The van der Waals surface area contributed by atoms with Gasteiger partial charge >= 0.3 is 0 Å². The molecule has 3 rings (SSSR count). The molecule has 2 fully saturated rings. The SMILES string of the molecule is CC1(N)CCCCC1C(=O)NCc1cccc(COC2CCOCC2)c1.Cl. The average Bonchev–Trinajstić information content (AvgIpc) is 2.65. The first-order valence-electron chi connectivity index (χ1n) is 9.88. The first-order chi connectivity index (χ1) is 12.5. The van der Waals surface area contributed by atoms with Crippen LogP contribution in [-0.2, 0) is 27.4 Å². The molecule has 1 aromatic rings. The minimum Gasteiger partial charge on any atom is -0.381 e. The van der Waals surface area contributed by atoms with Crippen molar-refractivity contribution in [2.24, 2.45) is 11.7 Å². The predicted molar refractivity (Wildman–Crippen MR) is 109 cm³/mol. The molecule has 0 bridgehead atoms. The molecule has 152 valence electrons. The molecule has 1 aliphatic carbocycles. The Morgan fingerprint density at radius 1 is 1.26 bits per heavy atom. The van der Waals surface area contributed by atoms with Crippen LogP contribution in [0.25, 0.3) is 0 Å². The number of nitrogens with two attached hydrogens (primary N) is 1. The molecule has 1 saturated carbocycles. The third-order valence-corrected chi connectivity index (χ3v) is 5.68. The molecule has 5 nitrogen and oxygen atoms in total. The van der Waals surface area contributed by atoms with E-state index < -0.39 is 0 Å². The lowest BCUT2D eigenvalue weighted by atomic mass is 9.74. The predicted octanol–water partition coefficient (Wildman–Crippen LogP) is 3.33. The molecule has 3 N–H and O–H groups in total. The fourth-order valence-corrected chi connectivity index (χ4v) is 3.99. The van der Waals surface area contributed by atoms with Crippen LogP contribution in [0.2, 0.25) is 0 Å². The summed E-state index contributed by atoms with van der Waals surface area (Å²) in [5.41, 5.74) is 8.19. The average molecular weight is 397 g/mol. The zero-order valence-electron chi connectivity index (χ0n) is 16.2. The van der Waals surface area contributed by atoms with Crippen LogP contribution in [-0.4, -0.2) is 30.8 Å². The molecule has 0 spiro atoms. The zero-order chi connectivity index (χ0) is 18.4. The molecule has 0 aromatic heterocycles. The van der Waals surface area contributed by atoms with Gasteiger partial charge in [-0.3, -0.25) is 4.79 Å². The number of amides is 1. The largest absolute Gasteiger partial charge is 0.381 e. The van der Waals surface area contributed by atoms with Gasteiger partial charge in [0, 0.05) is 25.3 Å². The van der Waals surface area contributed by atoms with Gasteiger partial charge in [-0.15, -0.1) is 12.4 Å². The van der Waals surface area contributed by atoms with Crippen LogP contribution in [0.4, 0.5) is 0 Å². The van der Waals surface area contributed by atoms with E-state index in [1.807, 2.05) is 19.1 Å². The number of halogens is 1. The molecule has 2 aliphatic rings. The molecule has 1 aromatic carbocycles. The van der Waals surface area contributed by atoms with Gasteiger partial charge in [0.25, 0.3) is 0 Å². The quantitative estimate of drug-likeness (QED) is 0.773. The number of carbonyl (C=O) groups excluding carboxylic acids is 1. The molecule has 1 saturated heterocycles. The second kappa shape index (κ2) is 10.4. The molecule has 2 unspecified atom stereocenters. The van der Waals surface area contributed by atoms with Crippen molar-refractivity contribution >= 4 is 18.3 Å². The van der Waals surface area contributed by atoms with E-state index in [0.29, 0.717) is 19.3 Å². The van der Waals surface area contributed by atoms with E-state index in [-0.39, 0.29) is 29.8 Å². The molecular weight excluding hydrogens is 364 g/mol. The van der Waals surface area contributed by atoms with E-state index in [0.717, 1.165) is 62.9 Å². The zero-order valence-corrected chi connectivity index (χ0v) is 17.1. The van der Waals surface area contributed by atoms with Crippen LogP contribution in [0.15, 0.2) is 24.3 Å². The van der Waals surface area contributed by atoms with E-state index in [2.05, 4.69) is 17.4 Å². The number of rotatable bonds is 6. The molecule has 2 atom stereocenters. The van der Waals surface area contributed by atoms with Gasteiger partial charge < -0.3 is 20.5 Å². The van der Waals surface area contributed by atoms with Gasteiger partial charge in [0.05, 0.1) is 18.6 Å². The Morgan fingerprint density at radius 3 is 2.74 bits per heavy atom. The Morgan fingerprint density at radius 2 is 2.00 bits per heavy atom. The molecular formula is C21H33ClN2O3.